The monoisotopic (exact) mass is 226 g/mol. The van der Waals surface area contributed by atoms with Gasteiger partial charge in [-0.05, 0) is 25.7 Å². The lowest BCUT2D eigenvalue weighted by atomic mass is 9.67. The van der Waals surface area contributed by atoms with Crippen LogP contribution in [-0.2, 0) is 9.53 Å². The first-order valence-corrected chi connectivity index (χ1v) is 6.25. The van der Waals surface area contributed by atoms with Gasteiger partial charge in [-0.3, -0.25) is 4.79 Å². The fourth-order valence-corrected chi connectivity index (χ4v) is 2.72. The standard InChI is InChI=1S/C12H22N2O2/c1-14(10-3-7-16-8-4-10)11(15)12(9-13)5-2-6-12/h10H,2-9,13H2,1H3. The van der Waals surface area contributed by atoms with Crippen molar-refractivity contribution in [2.24, 2.45) is 11.1 Å². The van der Waals surface area contributed by atoms with Gasteiger partial charge in [0, 0.05) is 32.8 Å². The molecule has 4 nitrogen and oxygen atoms in total. The summed E-state index contributed by atoms with van der Waals surface area (Å²) >= 11 is 0. The lowest BCUT2D eigenvalue weighted by Crippen LogP contribution is -2.54. The third-order valence-electron chi connectivity index (χ3n) is 4.21. The summed E-state index contributed by atoms with van der Waals surface area (Å²) in [5, 5.41) is 0. The maximum absolute atomic E-state index is 12.4. The van der Waals surface area contributed by atoms with E-state index in [0.717, 1.165) is 45.3 Å². The van der Waals surface area contributed by atoms with Crippen LogP contribution in [0.25, 0.3) is 0 Å². The van der Waals surface area contributed by atoms with Crippen LogP contribution in [0.15, 0.2) is 0 Å². The number of hydrogen-bond donors (Lipinski definition) is 1. The Bertz CT molecular complexity index is 252. The van der Waals surface area contributed by atoms with Crippen LogP contribution in [0.5, 0.6) is 0 Å². The van der Waals surface area contributed by atoms with Gasteiger partial charge in [-0.15, -0.1) is 0 Å². The summed E-state index contributed by atoms with van der Waals surface area (Å²) in [4.78, 5) is 14.3. The van der Waals surface area contributed by atoms with E-state index in [-0.39, 0.29) is 11.3 Å². The topological polar surface area (TPSA) is 55.6 Å². The minimum absolute atomic E-state index is 0.229. The molecule has 1 aliphatic carbocycles. The number of hydrogen-bond acceptors (Lipinski definition) is 3. The van der Waals surface area contributed by atoms with Gasteiger partial charge >= 0.3 is 0 Å². The van der Waals surface area contributed by atoms with E-state index in [2.05, 4.69) is 0 Å². The second-order valence-corrected chi connectivity index (χ2v) is 5.10. The van der Waals surface area contributed by atoms with Crippen molar-refractivity contribution in [2.45, 2.75) is 38.1 Å². The molecule has 2 rings (SSSR count). The molecule has 2 fully saturated rings. The summed E-state index contributed by atoms with van der Waals surface area (Å²) in [5.41, 5.74) is 5.54. The van der Waals surface area contributed by atoms with Gasteiger partial charge in [0.1, 0.15) is 0 Å². The third kappa shape index (κ3) is 1.96. The summed E-state index contributed by atoms with van der Waals surface area (Å²) in [7, 11) is 1.92. The molecule has 1 amide bonds. The Morgan fingerprint density at radius 1 is 1.44 bits per heavy atom. The van der Waals surface area contributed by atoms with Gasteiger partial charge in [0.25, 0.3) is 0 Å². The number of rotatable bonds is 3. The molecule has 1 saturated carbocycles. The average Bonchev–Trinajstić information content (AvgIpc) is 2.28. The van der Waals surface area contributed by atoms with Gasteiger partial charge in [-0.1, -0.05) is 6.42 Å². The second kappa shape index (κ2) is 4.72. The Morgan fingerprint density at radius 2 is 2.06 bits per heavy atom. The highest BCUT2D eigenvalue weighted by molar-refractivity contribution is 5.84. The van der Waals surface area contributed by atoms with E-state index in [1.165, 1.54) is 0 Å². The molecular weight excluding hydrogens is 204 g/mol. The first-order chi connectivity index (χ1) is 7.69. The lowest BCUT2D eigenvalue weighted by molar-refractivity contribution is -0.149. The van der Waals surface area contributed by atoms with E-state index < -0.39 is 0 Å². The summed E-state index contributed by atoms with van der Waals surface area (Å²) in [6.45, 7) is 2.05. The van der Waals surface area contributed by atoms with Crippen LogP contribution in [0.1, 0.15) is 32.1 Å². The molecule has 92 valence electrons. The Kier molecular flexibility index (Phi) is 3.50. The molecular formula is C12H22N2O2. The van der Waals surface area contributed by atoms with Crippen LogP contribution < -0.4 is 5.73 Å². The van der Waals surface area contributed by atoms with Crippen LogP contribution in [0.2, 0.25) is 0 Å². The highest BCUT2D eigenvalue weighted by Gasteiger charge is 2.45. The molecule has 0 spiro atoms. The smallest absolute Gasteiger partial charge is 0.230 e. The van der Waals surface area contributed by atoms with Crippen molar-refractivity contribution in [2.75, 3.05) is 26.8 Å². The van der Waals surface area contributed by atoms with E-state index >= 15 is 0 Å². The minimum Gasteiger partial charge on any atom is -0.381 e. The van der Waals surface area contributed by atoms with Gasteiger partial charge in [0.2, 0.25) is 5.91 Å². The van der Waals surface area contributed by atoms with Crippen molar-refractivity contribution in [3.05, 3.63) is 0 Å². The predicted molar refractivity (Wildman–Crippen MR) is 61.9 cm³/mol. The van der Waals surface area contributed by atoms with Gasteiger partial charge in [0.15, 0.2) is 0 Å². The molecule has 0 unspecified atom stereocenters. The number of carbonyl (C=O) groups is 1. The van der Waals surface area contributed by atoms with Crippen LogP contribution in [-0.4, -0.2) is 43.7 Å². The summed E-state index contributed by atoms with van der Waals surface area (Å²) in [6.07, 6.45) is 5.00. The van der Waals surface area contributed by atoms with Crippen LogP contribution in [0.4, 0.5) is 0 Å². The van der Waals surface area contributed by atoms with Gasteiger partial charge < -0.3 is 15.4 Å². The zero-order chi connectivity index (χ0) is 11.6. The number of carbonyl (C=O) groups excluding carboxylic acids is 1. The first-order valence-electron chi connectivity index (χ1n) is 6.25. The molecule has 0 aromatic heterocycles. The Hall–Kier alpha value is -0.610. The molecule has 0 atom stereocenters. The summed E-state index contributed by atoms with van der Waals surface area (Å²) in [6, 6.07) is 0.352. The number of nitrogens with two attached hydrogens (primary N) is 1. The highest BCUT2D eigenvalue weighted by Crippen LogP contribution is 2.41. The van der Waals surface area contributed by atoms with E-state index in [1.54, 1.807) is 0 Å². The zero-order valence-electron chi connectivity index (χ0n) is 10.1. The average molecular weight is 226 g/mol. The maximum Gasteiger partial charge on any atom is 0.230 e. The molecule has 1 heterocycles. The van der Waals surface area contributed by atoms with Crippen LogP contribution >= 0.6 is 0 Å². The SMILES string of the molecule is CN(C(=O)C1(CN)CCC1)C1CCOCC1. The van der Waals surface area contributed by atoms with Gasteiger partial charge in [-0.25, -0.2) is 0 Å². The minimum atomic E-state index is -0.229. The number of amides is 1. The van der Waals surface area contributed by atoms with Crippen molar-refractivity contribution < 1.29 is 9.53 Å². The molecule has 0 aromatic rings. The first kappa shape index (κ1) is 11.9. The summed E-state index contributed by atoms with van der Waals surface area (Å²) < 4.78 is 5.32. The fourth-order valence-electron chi connectivity index (χ4n) is 2.72. The molecule has 1 saturated heterocycles. The zero-order valence-corrected chi connectivity index (χ0v) is 10.1. The van der Waals surface area contributed by atoms with E-state index in [0.29, 0.717) is 12.6 Å². The van der Waals surface area contributed by atoms with Gasteiger partial charge in [-0.2, -0.15) is 0 Å². The maximum atomic E-state index is 12.4. The highest BCUT2D eigenvalue weighted by atomic mass is 16.5. The molecule has 0 bridgehead atoms. The Balaban J connectivity index is 1.97. The Labute approximate surface area is 97.1 Å². The third-order valence-corrected chi connectivity index (χ3v) is 4.21. The van der Waals surface area contributed by atoms with Crippen molar-refractivity contribution in [1.29, 1.82) is 0 Å². The number of ether oxygens (including phenoxy) is 1. The molecule has 0 radical (unpaired) electrons. The van der Waals surface area contributed by atoms with Gasteiger partial charge in [0.05, 0.1) is 5.41 Å². The molecule has 2 N–H and O–H groups in total. The van der Waals surface area contributed by atoms with E-state index in [9.17, 15) is 4.79 Å². The van der Waals surface area contributed by atoms with Crippen molar-refractivity contribution in [1.82, 2.24) is 4.90 Å². The Morgan fingerprint density at radius 3 is 2.50 bits per heavy atom. The van der Waals surface area contributed by atoms with E-state index in [1.807, 2.05) is 11.9 Å². The normalized spacial score (nSPS) is 24.9. The molecule has 4 heteroatoms. The van der Waals surface area contributed by atoms with Crippen LogP contribution in [0, 0.1) is 5.41 Å². The molecule has 16 heavy (non-hydrogen) atoms. The van der Waals surface area contributed by atoms with Crippen molar-refractivity contribution >= 4 is 5.91 Å². The number of nitrogens with zero attached hydrogens (tertiary/aromatic N) is 1. The summed E-state index contributed by atoms with van der Waals surface area (Å²) in [5.74, 6) is 0.258. The van der Waals surface area contributed by atoms with Crippen LogP contribution in [0.3, 0.4) is 0 Å². The van der Waals surface area contributed by atoms with Crippen molar-refractivity contribution in [3.8, 4) is 0 Å². The molecule has 0 aromatic carbocycles. The second-order valence-electron chi connectivity index (χ2n) is 5.10. The quantitative estimate of drug-likeness (QED) is 0.772. The largest absolute Gasteiger partial charge is 0.381 e. The van der Waals surface area contributed by atoms with E-state index in [4.69, 9.17) is 10.5 Å². The fraction of sp³-hybridized carbons (Fsp3) is 0.917. The molecule has 2 aliphatic rings. The predicted octanol–water partition coefficient (Wildman–Crippen LogP) is 0.753. The molecule has 1 aliphatic heterocycles. The van der Waals surface area contributed by atoms with Crippen molar-refractivity contribution in [3.63, 3.8) is 0 Å². The lowest BCUT2D eigenvalue weighted by Gasteiger charge is -2.44.